The molecule has 0 aromatic heterocycles. The molecule has 0 saturated carbocycles. The summed E-state index contributed by atoms with van der Waals surface area (Å²) >= 11 is 0. The van der Waals surface area contributed by atoms with Crippen LogP contribution < -0.4 is 14.8 Å². The normalized spacial score (nSPS) is 16.2. The second-order valence-electron chi connectivity index (χ2n) is 13.5. The number of fused-ring (bicyclic) bond motifs is 5. The minimum Gasteiger partial charge on any atom is -0.504 e. The predicted octanol–water partition coefficient (Wildman–Crippen LogP) is 10.2. The molecule has 2 aliphatic rings. The number of phenolic OH excluding ortho intramolecular Hbond substituents is 1. The molecule has 0 unspecified atom stereocenters. The Bertz CT molecular complexity index is 1510. The van der Waals surface area contributed by atoms with Crippen LogP contribution in [-0.4, -0.2) is 17.8 Å². The molecule has 3 aromatic carbocycles. The van der Waals surface area contributed by atoms with Gasteiger partial charge < -0.3 is 19.9 Å². The number of rotatable bonds is 2. The number of methoxy groups -OCH3 is 1. The van der Waals surface area contributed by atoms with E-state index in [4.69, 9.17) is 9.47 Å². The average Bonchev–Trinajstić information content (AvgIpc) is 2.87. The molecule has 3 aromatic rings. The lowest BCUT2D eigenvalue weighted by Gasteiger charge is -2.35. The Morgan fingerprint density at radius 1 is 0.854 bits per heavy atom. The monoisotopic (exact) mass is 553 g/mol. The van der Waals surface area contributed by atoms with Crippen LogP contribution in [0.5, 0.6) is 17.2 Å². The fourth-order valence-corrected chi connectivity index (χ4v) is 5.70. The smallest absolute Gasteiger partial charge is 0.172 e. The van der Waals surface area contributed by atoms with Crippen molar-refractivity contribution >= 4 is 23.1 Å². The van der Waals surface area contributed by atoms with E-state index in [0.29, 0.717) is 11.5 Å². The van der Waals surface area contributed by atoms with Crippen LogP contribution in [0.25, 0.3) is 28.5 Å². The number of hydrogen-bond donors (Lipinski definition) is 2. The van der Waals surface area contributed by atoms with Gasteiger partial charge in [-0.15, -0.1) is 0 Å². The summed E-state index contributed by atoms with van der Waals surface area (Å²) in [4.78, 5) is 0. The summed E-state index contributed by atoms with van der Waals surface area (Å²) in [5, 5.41) is 14.3. The van der Waals surface area contributed by atoms with E-state index in [1.165, 1.54) is 16.7 Å². The zero-order chi connectivity index (χ0) is 30.5. The molecule has 0 bridgehead atoms. The number of ether oxygens (including phenoxy) is 2. The van der Waals surface area contributed by atoms with Gasteiger partial charge in [0.15, 0.2) is 11.5 Å². The molecule has 2 aliphatic heterocycles. The van der Waals surface area contributed by atoms with Crippen molar-refractivity contribution in [1.82, 2.24) is 0 Å². The SMILES string of the molecule is CC.COc1c(O)ccc2c1-c1ccc3c(c1/C(=C/c1cc(C(C)(C)C)cc(C(C)(C)C)c1)O2)C(C)=CC(C)(C)N3. The third kappa shape index (κ3) is 5.75. The molecule has 0 radical (unpaired) electrons. The lowest BCUT2D eigenvalue weighted by molar-refractivity contribution is 0.371. The zero-order valence-electron chi connectivity index (χ0n) is 27.0. The van der Waals surface area contributed by atoms with E-state index in [2.05, 4.69) is 110 Å². The number of allylic oxidation sites excluding steroid dienone is 1. The Hall–Kier alpha value is -3.66. The lowest BCUT2D eigenvalue weighted by atomic mass is 9.79. The van der Waals surface area contributed by atoms with Crippen LogP contribution in [0.2, 0.25) is 0 Å². The predicted molar refractivity (Wildman–Crippen MR) is 175 cm³/mol. The van der Waals surface area contributed by atoms with Gasteiger partial charge in [-0.25, -0.2) is 0 Å². The minimum absolute atomic E-state index is 0.00529. The first kappa shape index (κ1) is 30.3. The maximum absolute atomic E-state index is 10.6. The van der Waals surface area contributed by atoms with Gasteiger partial charge >= 0.3 is 0 Å². The molecule has 41 heavy (non-hydrogen) atoms. The number of nitrogens with one attached hydrogen (secondary N) is 1. The quantitative estimate of drug-likeness (QED) is 0.331. The Balaban J connectivity index is 0.00000189. The van der Waals surface area contributed by atoms with Crippen molar-refractivity contribution in [3.63, 3.8) is 0 Å². The largest absolute Gasteiger partial charge is 0.504 e. The zero-order valence-corrected chi connectivity index (χ0v) is 27.0. The van der Waals surface area contributed by atoms with Crippen LogP contribution >= 0.6 is 0 Å². The Labute approximate surface area is 247 Å². The summed E-state index contributed by atoms with van der Waals surface area (Å²) in [7, 11) is 1.58. The summed E-state index contributed by atoms with van der Waals surface area (Å²) in [5.41, 5.74) is 9.63. The molecule has 4 nitrogen and oxygen atoms in total. The van der Waals surface area contributed by atoms with Crippen molar-refractivity contribution in [2.45, 2.75) is 92.5 Å². The van der Waals surface area contributed by atoms with Gasteiger partial charge in [-0.2, -0.15) is 0 Å². The molecule has 0 saturated heterocycles. The third-order valence-electron chi connectivity index (χ3n) is 7.66. The van der Waals surface area contributed by atoms with Crippen LogP contribution in [-0.2, 0) is 10.8 Å². The van der Waals surface area contributed by atoms with Gasteiger partial charge in [-0.05, 0) is 78.1 Å². The van der Waals surface area contributed by atoms with E-state index in [9.17, 15) is 5.11 Å². The number of hydrogen-bond acceptors (Lipinski definition) is 4. The van der Waals surface area contributed by atoms with Gasteiger partial charge in [0.25, 0.3) is 0 Å². The molecule has 0 amide bonds. The minimum atomic E-state index is -0.165. The molecular weight excluding hydrogens is 506 g/mol. The third-order valence-corrected chi connectivity index (χ3v) is 7.66. The van der Waals surface area contributed by atoms with Crippen molar-refractivity contribution in [3.8, 4) is 28.4 Å². The molecule has 0 spiro atoms. The summed E-state index contributed by atoms with van der Waals surface area (Å²) in [5.74, 6) is 1.96. The average molecular weight is 554 g/mol. The van der Waals surface area contributed by atoms with Crippen LogP contribution in [0.4, 0.5) is 5.69 Å². The molecule has 5 rings (SSSR count). The highest BCUT2D eigenvalue weighted by Crippen LogP contribution is 2.54. The number of phenols is 1. The fraction of sp³-hybridized carbons (Fsp3) is 0.405. The molecule has 2 heterocycles. The van der Waals surface area contributed by atoms with Gasteiger partial charge in [0, 0.05) is 22.4 Å². The molecule has 218 valence electrons. The molecule has 2 N–H and O–H groups in total. The van der Waals surface area contributed by atoms with E-state index in [-0.39, 0.29) is 22.1 Å². The Morgan fingerprint density at radius 2 is 1.46 bits per heavy atom. The van der Waals surface area contributed by atoms with Gasteiger partial charge in [-0.3, -0.25) is 0 Å². The number of anilines is 1. The molecule has 0 atom stereocenters. The molecule has 0 aliphatic carbocycles. The maximum atomic E-state index is 10.6. The van der Waals surface area contributed by atoms with E-state index < -0.39 is 0 Å². The summed E-state index contributed by atoms with van der Waals surface area (Å²) in [6.45, 7) is 24.0. The van der Waals surface area contributed by atoms with Crippen molar-refractivity contribution in [3.05, 3.63) is 76.4 Å². The van der Waals surface area contributed by atoms with Gasteiger partial charge in [0.2, 0.25) is 0 Å². The molecule has 0 fully saturated rings. The Kier molecular flexibility index (Phi) is 7.86. The van der Waals surface area contributed by atoms with Gasteiger partial charge in [-0.1, -0.05) is 85.7 Å². The van der Waals surface area contributed by atoms with E-state index in [1.54, 1.807) is 13.2 Å². The molecule has 4 heteroatoms. The van der Waals surface area contributed by atoms with E-state index in [1.807, 2.05) is 19.9 Å². The first-order valence-corrected chi connectivity index (χ1v) is 14.7. The highest BCUT2D eigenvalue weighted by atomic mass is 16.5. The van der Waals surface area contributed by atoms with Crippen LogP contribution in [0.15, 0.2) is 48.5 Å². The first-order valence-electron chi connectivity index (χ1n) is 14.7. The highest BCUT2D eigenvalue weighted by Gasteiger charge is 2.33. The van der Waals surface area contributed by atoms with E-state index in [0.717, 1.165) is 39.3 Å². The lowest BCUT2D eigenvalue weighted by Crippen LogP contribution is -2.32. The summed E-state index contributed by atoms with van der Waals surface area (Å²) in [6, 6.07) is 14.6. The maximum Gasteiger partial charge on any atom is 0.172 e. The summed E-state index contributed by atoms with van der Waals surface area (Å²) < 4.78 is 12.4. The van der Waals surface area contributed by atoms with E-state index >= 15 is 0 Å². The van der Waals surface area contributed by atoms with Crippen molar-refractivity contribution in [2.75, 3.05) is 12.4 Å². The van der Waals surface area contributed by atoms with Gasteiger partial charge in [0.1, 0.15) is 11.5 Å². The van der Waals surface area contributed by atoms with Crippen LogP contribution in [0, 0.1) is 0 Å². The number of aromatic hydroxyl groups is 1. The topological polar surface area (TPSA) is 50.7 Å². The van der Waals surface area contributed by atoms with Gasteiger partial charge in [0.05, 0.1) is 18.2 Å². The number of benzene rings is 3. The Morgan fingerprint density at radius 3 is 2.02 bits per heavy atom. The van der Waals surface area contributed by atoms with Crippen molar-refractivity contribution < 1.29 is 14.6 Å². The highest BCUT2D eigenvalue weighted by molar-refractivity contribution is 6.02. The van der Waals surface area contributed by atoms with Crippen molar-refractivity contribution in [1.29, 1.82) is 0 Å². The second kappa shape index (κ2) is 10.6. The first-order chi connectivity index (χ1) is 19.1. The standard InChI is InChI=1S/C35H41NO3.C2H6/c1-20-19-35(8,9)36-25-12-11-24-30(29(20)25)28(39-27-14-13-26(37)32(38-10)31(24)27)17-21-15-22(33(2,3)4)18-23(16-21)34(5,6)7;1-2/h11-19,36-37H,1-10H3;1-2H3/b28-17-;. The fourth-order valence-electron chi connectivity index (χ4n) is 5.70. The second-order valence-corrected chi connectivity index (χ2v) is 13.5. The van der Waals surface area contributed by atoms with Crippen molar-refractivity contribution in [2.24, 2.45) is 0 Å². The van der Waals surface area contributed by atoms with Crippen LogP contribution in [0.3, 0.4) is 0 Å². The molecular formula is C37H47NO3. The summed E-state index contributed by atoms with van der Waals surface area (Å²) in [6.07, 6.45) is 4.43. The van der Waals surface area contributed by atoms with Crippen LogP contribution in [0.1, 0.15) is 104 Å².